The topological polar surface area (TPSA) is 35.2 Å². The van der Waals surface area contributed by atoms with Crippen LogP contribution in [0, 0.1) is 12.3 Å². The van der Waals surface area contributed by atoms with E-state index in [-0.39, 0.29) is 0 Å². The molecular weight excluding hydrogens is 186 g/mol. The maximum absolute atomic E-state index is 5.71. The Morgan fingerprint density at radius 3 is 2.47 bits per heavy atom. The Labute approximate surface area is 91.4 Å². The van der Waals surface area contributed by atoms with Crippen molar-refractivity contribution in [1.29, 1.82) is 0 Å². The van der Waals surface area contributed by atoms with E-state index in [9.17, 15) is 0 Å². The lowest BCUT2D eigenvalue weighted by atomic mass is 10.0. The number of hydrogen-bond donors (Lipinski definition) is 1. The van der Waals surface area contributed by atoms with Crippen molar-refractivity contribution in [3.8, 4) is 5.75 Å². The van der Waals surface area contributed by atoms with Crippen molar-refractivity contribution in [3.05, 3.63) is 29.8 Å². The van der Waals surface area contributed by atoms with Crippen LogP contribution in [0.15, 0.2) is 24.3 Å². The van der Waals surface area contributed by atoms with Crippen LogP contribution < -0.4 is 10.5 Å². The number of ether oxygens (including phenoxy) is 1. The molecule has 0 aliphatic heterocycles. The first-order valence-electron chi connectivity index (χ1n) is 5.64. The molecule has 0 saturated heterocycles. The lowest BCUT2D eigenvalue weighted by molar-refractivity contribution is 0.271. The Balaban J connectivity index is 1.76. The second-order valence-electron chi connectivity index (χ2n) is 4.62. The number of rotatable bonds is 5. The van der Waals surface area contributed by atoms with Crippen molar-refractivity contribution >= 4 is 0 Å². The Hall–Kier alpha value is -1.02. The summed E-state index contributed by atoms with van der Waals surface area (Å²) in [5, 5.41) is 0. The lowest BCUT2D eigenvalue weighted by Gasteiger charge is -2.12. The van der Waals surface area contributed by atoms with Crippen LogP contribution in [0.1, 0.15) is 24.8 Å². The van der Waals surface area contributed by atoms with Crippen LogP contribution in [-0.4, -0.2) is 13.2 Å². The molecule has 1 saturated carbocycles. The third-order valence-corrected chi connectivity index (χ3v) is 3.31. The van der Waals surface area contributed by atoms with Gasteiger partial charge in [0.25, 0.3) is 0 Å². The molecule has 0 amide bonds. The third-order valence-electron chi connectivity index (χ3n) is 3.31. The van der Waals surface area contributed by atoms with Crippen LogP contribution in [-0.2, 0) is 0 Å². The van der Waals surface area contributed by atoms with Crippen LogP contribution >= 0.6 is 0 Å². The molecule has 0 unspecified atom stereocenters. The van der Waals surface area contributed by atoms with Gasteiger partial charge in [-0.3, -0.25) is 0 Å². The van der Waals surface area contributed by atoms with E-state index in [1.165, 1.54) is 18.4 Å². The molecule has 1 aliphatic rings. The first-order valence-corrected chi connectivity index (χ1v) is 5.64. The Bertz CT molecular complexity index is 314. The molecule has 1 aromatic carbocycles. The molecule has 2 N–H and O–H groups in total. The summed E-state index contributed by atoms with van der Waals surface area (Å²) in [4.78, 5) is 0. The Morgan fingerprint density at radius 1 is 1.27 bits per heavy atom. The molecule has 0 radical (unpaired) electrons. The van der Waals surface area contributed by atoms with Crippen LogP contribution in [0.4, 0.5) is 0 Å². The predicted octanol–water partition coefficient (Wildman–Crippen LogP) is 2.50. The number of benzene rings is 1. The van der Waals surface area contributed by atoms with E-state index < -0.39 is 0 Å². The summed E-state index contributed by atoms with van der Waals surface area (Å²) in [6.45, 7) is 3.68. The number of hydrogen-bond acceptors (Lipinski definition) is 2. The van der Waals surface area contributed by atoms with Crippen molar-refractivity contribution in [1.82, 2.24) is 0 Å². The lowest BCUT2D eigenvalue weighted by Crippen LogP contribution is -2.18. The van der Waals surface area contributed by atoms with Gasteiger partial charge in [-0.1, -0.05) is 17.7 Å². The molecule has 1 aliphatic carbocycles. The normalized spacial score (nSPS) is 17.5. The van der Waals surface area contributed by atoms with Gasteiger partial charge in [0.1, 0.15) is 5.75 Å². The summed E-state index contributed by atoms with van der Waals surface area (Å²) in [5.74, 6) is 0.966. The van der Waals surface area contributed by atoms with E-state index in [1.807, 2.05) is 12.1 Å². The molecule has 0 bridgehead atoms. The summed E-state index contributed by atoms with van der Waals surface area (Å²) in [6, 6.07) is 8.20. The highest BCUT2D eigenvalue weighted by atomic mass is 16.5. The highest BCUT2D eigenvalue weighted by Gasteiger charge is 2.40. The zero-order valence-electron chi connectivity index (χ0n) is 9.33. The minimum atomic E-state index is 0.421. The van der Waals surface area contributed by atoms with Gasteiger partial charge in [0.15, 0.2) is 0 Å². The van der Waals surface area contributed by atoms with Gasteiger partial charge in [0.05, 0.1) is 6.61 Å². The predicted molar refractivity (Wildman–Crippen MR) is 62.0 cm³/mol. The highest BCUT2D eigenvalue weighted by Crippen LogP contribution is 2.47. The number of nitrogens with two attached hydrogens (primary N) is 1. The fourth-order valence-corrected chi connectivity index (χ4v) is 1.75. The average molecular weight is 205 g/mol. The monoisotopic (exact) mass is 205 g/mol. The van der Waals surface area contributed by atoms with E-state index in [0.29, 0.717) is 5.41 Å². The van der Waals surface area contributed by atoms with Gasteiger partial charge in [-0.25, -0.2) is 0 Å². The fraction of sp³-hybridized carbons (Fsp3) is 0.538. The molecule has 2 rings (SSSR count). The van der Waals surface area contributed by atoms with Gasteiger partial charge in [-0.05, 0) is 50.3 Å². The molecule has 0 aromatic heterocycles. The van der Waals surface area contributed by atoms with Crippen molar-refractivity contribution < 1.29 is 4.74 Å². The van der Waals surface area contributed by atoms with Crippen LogP contribution in [0.25, 0.3) is 0 Å². The maximum Gasteiger partial charge on any atom is 0.119 e. The van der Waals surface area contributed by atoms with Gasteiger partial charge in [-0.15, -0.1) is 0 Å². The largest absolute Gasteiger partial charge is 0.494 e. The molecule has 2 heteroatoms. The summed E-state index contributed by atoms with van der Waals surface area (Å²) in [6.07, 6.45) is 3.65. The van der Waals surface area contributed by atoms with Gasteiger partial charge in [0.2, 0.25) is 0 Å². The molecule has 0 atom stereocenters. The highest BCUT2D eigenvalue weighted by molar-refractivity contribution is 5.26. The Kier molecular flexibility index (Phi) is 2.96. The SMILES string of the molecule is Cc1ccc(OCCC2(CN)CC2)cc1. The van der Waals surface area contributed by atoms with E-state index in [4.69, 9.17) is 10.5 Å². The summed E-state index contributed by atoms with van der Waals surface area (Å²) in [7, 11) is 0. The van der Waals surface area contributed by atoms with Crippen LogP contribution in [0.2, 0.25) is 0 Å². The molecule has 1 fully saturated rings. The van der Waals surface area contributed by atoms with Crippen LogP contribution in [0.3, 0.4) is 0 Å². The summed E-state index contributed by atoms with van der Waals surface area (Å²) < 4.78 is 5.68. The van der Waals surface area contributed by atoms with Gasteiger partial charge < -0.3 is 10.5 Å². The van der Waals surface area contributed by atoms with E-state index in [0.717, 1.165) is 25.3 Å². The molecule has 82 valence electrons. The zero-order chi connectivity index (χ0) is 10.7. The molecule has 15 heavy (non-hydrogen) atoms. The Morgan fingerprint density at radius 2 is 1.93 bits per heavy atom. The van der Waals surface area contributed by atoms with Crippen molar-refractivity contribution in [2.75, 3.05) is 13.2 Å². The number of aryl methyl sites for hydroxylation is 1. The average Bonchev–Trinajstić information content (AvgIpc) is 3.02. The smallest absolute Gasteiger partial charge is 0.119 e. The third kappa shape index (κ3) is 2.72. The second-order valence-corrected chi connectivity index (χ2v) is 4.62. The summed E-state index contributed by atoms with van der Waals surface area (Å²) >= 11 is 0. The quantitative estimate of drug-likeness (QED) is 0.801. The molecule has 1 aromatic rings. The molecule has 0 heterocycles. The minimum Gasteiger partial charge on any atom is -0.494 e. The maximum atomic E-state index is 5.71. The molecule has 2 nitrogen and oxygen atoms in total. The van der Waals surface area contributed by atoms with Crippen molar-refractivity contribution in [2.45, 2.75) is 26.2 Å². The van der Waals surface area contributed by atoms with E-state index in [1.54, 1.807) is 0 Å². The fourth-order valence-electron chi connectivity index (χ4n) is 1.75. The first-order chi connectivity index (χ1) is 7.24. The van der Waals surface area contributed by atoms with E-state index in [2.05, 4.69) is 19.1 Å². The molecule has 0 spiro atoms. The van der Waals surface area contributed by atoms with Gasteiger partial charge >= 0.3 is 0 Å². The van der Waals surface area contributed by atoms with Gasteiger partial charge in [-0.2, -0.15) is 0 Å². The van der Waals surface area contributed by atoms with Crippen LogP contribution in [0.5, 0.6) is 5.75 Å². The van der Waals surface area contributed by atoms with Crippen molar-refractivity contribution in [2.24, 2.45) is 11.1 Å². The molecular formula is C13H19NO. The zero-order valence-corrected chi connectivity index (χ0v) is 9.33. The second kappa shape index (κ2) is 4.23. The van der Waals surface area contributed by atoms with E-state index >= 15 is 0 Å². The standard InChI is InChI=1S/C13H19NO/c1-11-2-4-12(5-3-11)15-9-8-13(10-14)6-7-13/h2-5H,6-10,14H2,1H3. The van der Waals surface area contributed by atoms with Gasteiger partial charge in [0, 0.05) is 0 Å². The minimum absolute atomic E-state index is 0.421. The first kappa shape index (κ1) is 10.5. The summed E-state index contributed by atoms with van der Waals surface area (Å²) in [5.41, 5.74) is 7.40. The van der Waals surface area contributed by atoms with Crippen molar-refractivity contribution in [3.63, 3.8) is 0 Å².